The lowest BCUT2D eigenvalue weighted by atomic mass is 9.92. The van der Waals surface area contributed by atoms with Crippen molar-refractivity contribution in [3.05, 3.63) is 0 Å². The van der Waals surface area contributed by atoms with E-state index in [1.807, 2.05) is 11.8 Å². The lowest BCUT2D eigenvalue weighted by Crippen LogP contribution is -2.58. The lowest BCUT2D eigenvalue weighted by molar-refractivity contribution is 0.0860. The van der Waals surface area contributed by atoms with Crippen LogP contribution in [-0.4, -0.2) is 48.6 Å². The maximum atomic E-state index is 3.79. The van der Waals surface area contributed by atoms with Crippen LogP contribution in [0.25, 0.3) is 0 Å². The van der Waals surface area contributed by atoms with Crippen LogP contribution in [0.1, 0.15) is 47.0 Å². The molecule has 1 heterocycles. The molecule has 1 saturated heterocycles. The zero-order chi connectivity index (χ0) is 14.3. The highest BCUT2D eigenvalue weighted by Gasteiger charge is 2.30. The van der Waals surface area contributed by atoms with Crippen LogP contribution in [0.5, 0.6) is 0 Å². The number of nitrogens with one attached hydrogen (secondary N) is 1. The molecule has 114 valence electrons. The fourth-order valence-electron chi connectivity index (χ4n) is 3.13. The Labute approximate surface area is 125 Å². The molecule has 0 aliphatic carbocycles. The summed E-state index contributed by atoms with van der Waals surface area (Å²) >= 11 is 1.97. The molecule has 19 heavy (non-hydrogen) atoms. The fourth-order valence-corrected chi connectivity index (χ4v) is 3.55. The fraction of sp³-hybridized carbons (Fsp3) is 1.00. The van der Waals surface area contributed by atoms with Crippen LogP contribution in [0.15, 0.2) is 0 Å². The lowest BCUT2D eigenvalue weighted by Gasteiger charge is -2.43. The number of rotatable bonds is 8. The predicted molar refractivity (Wildman–Crippen MR) is 89.1 cm³/mol. The first kappa shape index (κ1) is 17.3. The highest BCUT2D eigenvalue weighted by atomic mass is 32.2. The summed E-state index contributed by atoms with van der Waals surface area (Å²) in [5, 5.41) is 3.79. The van der Waals surface area contributed by atoms with Gasteiger partial charge in [0.2, 0.25) is 0 Å². The molecule has 0 aromatic rings. The Morgan fingerprint density at radius 3 is 2.63 bits per heavy atom. The van der Waals surface area contributed by atoms with Gasteiger partial charge in [0.25, 0.3) is 0 Å². The van der Waals surface area contributed by atoms with E-state index in [9.17, 15) is 0 Å². The van der Waals surface area contributed by atoms with Crippen molar-refractivity contribution in [2.24, 2.45) is 11.8 Å². The van der Waals surface area contributed by atoms with Crippen LogP contribution >= 0.6 is 11.8 Å². The Morgan fingerprint density at radius 2 is 2.05 bits per heavy atom. The molecule has 0 amide bonds. The van der Waals surface area contributed by atoms with Gasteiger partial charge in [0.05, 0.1) is 0 Å². The molecule has 1 fully saturated rings. The highest BCUT2D eigenvalue weighted by molar-refractivity contribution is 7.98. The van der Waals surface area contributed by atoms with Crippen molar-refractivity contribution in [2.45, 2.75) is 59.0 Å². The van der Waals surface area contributed by atoms with Gasteiger partial charge in [-0.05, 0) is 43.2 Å². The van der Waals surface area contributed by atoms with Gasteiger partial charge in [0.1, 0.15) is 0 Å². The summed E-state index contributed by atoms with van der Waals surface area (Å²) in [5.41, 5.74) is 0. The molecule has 0 aromatic carbocycles. The molecule has 1 aliphatic rings. The third-order valence-electron chi connectivity index (χ3n) is 4.39. The summed E-state index contributed by atoms with van der Waals surface area (Å²) in [6.07, 6.45) is 6.15. The highest BCUT2D eigenvalue weighted by Crippen LogP contribution is 2.21. The maximum absolute atomic E-state index is 3.79. The molecule has 0 spiro atoms. The standard InChI is InChI=1S/C16H34N2S/c1-6-14(4)16-11-17-15(10-13(2)3)12-18(16)8-7-9-19-5/h13-17H,6-12H2,1-5H3. The Bertz CT molecular complexity index is 233. The topological polar surface area (TPSA) is 15.3 Å². The normalized spacial score (nSPS) is 26.8. The Hall–Kier alpha value is 0.270. The van der Waals surface area contributed by atoms with Gasteiger partial charge >= 0.3 is 0 Å². The Morgan fingerprint density at radius 1 is 1.32 bits per heavy atom. The van der Waals surface area contributed by atoms with Gasteiger partial charge in [-0.1, -0.05) is 34.1 Å². The van der Waals surface area contributed by atoms with E-state index in [0.29, 0.717) is 6.04 Å². The van der Waals surface area contributed by atoms with E-state index in [2.05, 4.69) is 44.2 Å². The van der Waals surface area contributed by atoms with Crippen molar-refractivity contribution in [2.75, 3.05) is 31.6 Å². The van der Waals surface area contributed by atoms with Crippen LogP contribution in [0, 0.1) is 11.8 Å². The van der Waals surface area contributed by atoms with Gasteiger partial charge in [-0.3, -0.25) is 4.90 Å². The Kier molecular flexibility index (Phi) is 8.43. The zero-order valence-corrected chi connectivity index (χ0v) is 14.4. The van der Waals surface area contributed by atoms with Gasteiger partial charge in [-0.15, -0.1) is 0 Å². The first-order chi connectivity index (χ1) is 9.08. The average Bonchev–Trinajstić information content (AvgIpc) is 2.38. The molecule has 0 bridgehead atoms. The van der Waals surface area contributed by atoms with Crippen LogP contribution in [0.3, 0.4) is 0 Å². The third-order valence-corrected chi connectivity index (χ3v) is 5.09. The minimum Gasteiger partial charge on any atom is -0.311 e. The summed E-state index contributed by atoms with van der Waals surface area (Å²) in [4.78, 5) is 2.77. The van der Waals surface area contributed by atoms with Gasteiger partial charge in [-0.25, -0.2) is 0 Å². The SMILES string of the molecule is CCC(C)C1CNC(CC(C)C)CN1CCCSC. The molecular weight excluding hydrogens is 252 g/mol. The van der Waals surface area contributed by atoms with Crippen LogP contribution in [0.4, 0.5) is 0 Å². The molecule has 3 unspecified atom stereocenters. The summed E-state index contributed by atoms with van der Waals surface area (Å²) in [7, 11) is 0. The molecule has 0 aromatic heterocycles. The van der Waals surface area contributed by atoms with E-state index < -0.39 is 0 Å². The number of piperazine rings is 1. The van der Waals surface area contributed by atoms with Crippen molar-refractivity contribution in [3.8, 4) is 0 Å². The molecule has 0 saturated carbocycles. The van der Waals surface area contributed by atoms with E-state index in [0.717, 1.165) is 17.9 Å². The second-order valence-electron chi connectivity index (χ2n) is 6.53. The van der Waals surface area contributed by atoms with Gasteiger partial charge in [0.15, 0.2) is 0 Å². The zero-order valence-electron chi connectivity index (χ0n) is 13.6. The smallest absolute Gasteiger partial charge is 0.0246 e. The molecule has 3 atom stereocenters. The van der Waals surface area contributed by atoms with Crippen LogP contribution < -0.4 is 5.32 Å². The van der Waals surface area contributed by atoms with E-state index >= 15 is 0 Å². The van der Waals surface area contributed by atoms with E-state index in [1.54, 1.807) is 0 Å². The van der Waals surface area contributed by atoms with Crippen molar-refractivity contribution in [1.29, 1.82) is 0 Å². The van der Waals surface area contributed by atoms with Crippen LogP contribution in [0.2, 0.25) is 0 Å². The second-order valence-corrected chi connectivity index (χ2v) is 7.51. The summed E-state index contributed by atoms with van der Waals surface area (Å²) in [6.45, 7) is 13.1. The number of hydrogen-bond acceptors (Lipinski definition) is 3. The van der Waals surface area contributed by atoms with Crippen molar-refractivity contribution < 1.29 is 0 Å². The minimum atomic E-state index is 0.703. The second kappa shape index (κ2) is 9.25. The van der Waals surface area contributed by atoms with E-state index in [4.69, 9.17) is 0 Å². The first-order valence-electron chi connectivity index (χ1n) is 8.04. The molecule has 1 rings (SSSR count). The van der Waals surface area contributed by atoms with Gasteiger partial charge in [0, 0.05) is 25.2 Å². The van der Waals surface area contributed by atoms with Gasteiger partial charge in [-0.2, -0.15) is 11.8 Å². The molecule has 3 heteroatoms. The van der Waals surface area contributed by atoms with Gasteiger partial charge < -0.3 is 5.32 Å². The van der Waals surface area contributed by atoms with E-state index in [-0.39, 0.29) is 0 Å². The molecule has 1 N–H and O–H groups in total. The summed E-state index contributed by atoms with van der Waals surface area (Å²) in [5.74, 6) is 2.90. The van der Waals surface area contributed by atoms with Crippen LogP contribution in [-0.2, 0) is 0 Å². The van der Waals surface area contributed by atoms with E-state index in [1.165, 1.54) is 44.6 Å². The molecule has 2 nitrogen and oxygen atoms in total. The predicted octanol–water partition coefficient (Wildman–Crippen LogP) is 3.47. The average molecular weight is 287 g/mol. The van der Waals surface area contributed by atoms with Crippen molar-refractivity contribution >= 4 is 11.8 Å². The van der Waals surface area contributed by atoms with Crippen molar-refractivity contribution in [3.63, 3.8) is 0 Å². The summed E-state index contributed by atoms with van der Waals surface area (Å²) in [6, 6.07) is 1.45. The molecule has 0 radical (unpaired) electrons. The summed E-state index contributed by atoms with van der Waals surface area (Å²) < 4.78 is 0. The minimum absolute atomic E-state index is 0.703. The quantitative estimate of drug-likeness (QED) is 0.688. The largest absolute Gasteiger partial charge is 0.311 e. The number of nitrogens with zero attached hydrogens (tertiary/aromatic N) is 1. The maximum Gasteiger partial charge on any atom is 0.0246 e. The third kappa shape index (κ3) is 6.05. The number of thioether (sulfide) groups is 1. The number of hydrogen-bond donors (Lipinski definition) is 1. The molecular formula is C16H34N2S. The Balaban J connectivity index is 2.52. The molecule has 1 aliphatic heterocycles. The first-order valence-corrected chi connectivity index (χ1v) is 9.44. The van der Waals surface area contributed by atoms with Crippen molar-refractivity contribution in [1.82, 2.24) is 10.2 Å². The monoisotopic (exact) mass is 286 g/mol.